The van der Waals surface area contributed by atoms with E-state index in [9.17, 15) is 0 Å². The number of halogens is 1. The van der Waals surface area contributed by atoms with Gasteiger partial charge < -0.3 is 20.6 Å². The molecule has 0 aliphatic heterocycles. The van der Waals surface area contributed by atoms with Crippen LogP contribution in [0, 0.1) is 0 Å². The SMILES string of the molecule is C[SiH](C)O[Si](C)(C)O[Si](C)(C)O[Si](C)(C)O[Si](C)(C)O[Si](C)(C)Cl. The molecule has 0 heterocycles. The Bertz CT molecular complexity index is 411. The summed E-state index contributed by atoms with van der Waals surface area (Å²) in [5.74, 6) is 0. The highest BCUT2D eigenvalue weighted by molar-refractivity contribution is 7.17. The lowest BCUT2D eigenvalue weighted by Gasteiger charge is -2.41. The second-order valence-electron chi connectivity index (χ2n) is 8.54. The molecule has 0 unspecified atom stereocenters. The van der Waals surface area contributed by atoms with E-state index in [1.165, 1.54) is 0 Å². The van der Waals surface area contributed by atoms with Crippen LogP contribution in [-0.2, 0) is 20.6 Å². The molecule has 0 fully saturated rings. The van der Waals surface area contributed by atoms with E-state index in [-0.39, 0.29) is 0 Å². The predicted molar refractivity (Wildman–Crippen MR) is 118 cm³/mol. The van der Waals surface area contributed by atoms with Gasteiger partial charge in [0.2, 0.25) is 0 Å². The second-order valence-corrected chi connectivity index (χ2v) is 31.5. The Labute approximate surface area is 160 Å². The minimum absolute atomic E-state index is 1.14. The summed E-state index contributed by atoms with van der Waals surface area (Å²) in [4.78, 5) is 0. The Morgan fingerprint density at radius 3 is 1.12 bits per heavy atom. The van der Waals surface area contributed by atoms with E-state index in [1.807, 2.05) is 26.2 Å². The summed E-state index contributed by atoms with van der Waals surface area (Å²) in [5.41, 5.74) is 0. The van der Waals surface area contributed by atoms with Crippen molar-refractivity contribution < 1.29 is 20.6 Å². The molecule has 24 heavy (non-hydrogen) atoms. The molecule has 12 heteroatoms. The van der Waals surface area contributed by atoms with Crippen LogP contribution in [0.1, 0.15) is 0 Å². The molecule has 0 aliphatic carbocycles. The van der Waals surface area contributed by atoms with Crippen molar-refractivity contribution in [3.63, 3.8) is 0 Å². The second kappa shape index (κ2) is 8.60. The van der Waals surface area contributed by atoms with Crippen molar-refractivity contribution in [3.05, 3.63) is 0 Å². The van der Waals surface area contributed by atoms with Gasteiger partial charge in [0, 0.05) is 0 Å². The molecule has 0 N–H and O–H groups in total. The average Bonchev–Trinajstić information content (AvgIpc) is 2.00. The molecular formula is C12H37ClO5Si6. The molecule has 0 aliphatic rings. The highest BCUT2D eigenvalue weighted by Crippen LogP contribution is 2.27. The molecule has 0 rings (SSSR count). The van der Waals surface area contributed by atoms with Crippen LogP contribution in [0.15, 0.2) is 0 Å². The number of rotatable bonds is 10. The van der Waals surface area contributed by atoms with E-state index >= 15 is 0 Å². The van der Waals surface area contributed by atoms with Gasteiger partial charge in [0.1, 0.15) is 0 Å². The molecule has 0 bridgehead atoms. The summed E-state index contributed by atoms with van der Waals surface area (Å²) in [6.45, 7) is 24.8. The lowest BCUT2D eigenvalue weighted by molar-refractivity contribution is 0.284. The minimum Gasteiger partial charge on any atom is -0.440 e. The van der Waals surface area contributed by atoms with Crippen molar-refractivity contribution in [2.24, 2.45) is 0 Å². The molecule has 0 aromatic carbocycles. The van der Waals surface area contributed by atoms with E-state index in [2.05, 4.69) is 52.4 Å². The van der Waals surface area contributed by atoms with Crippen molar-refractivity contribution >= 4 is 62.0 Å². The van der Waals surface area contributed by atoms with Crippen LogP contribution >= 0.6 is 11.1 Å². The summed E-state index contributed by atoms with van der Waals surface area (Å²) in [7, 11) is -12.6. The lowest BCUT2D eigenvalue weighted by atomic mass is 11.9. The number of hydrogen-bond acceptors (Lipinski definition) is 5. The largest absolute Gasteiger partial charge is 0.440 e. The maximum atomic E-state index is 6.42. The van der Waals surface area contributed by atoms with E-state index in [0.29, 0.717) is 0 Å². The van der Waals surface area contributed by atoms with Gasteiger partial charge in [0.25, 0.3) is 7.63 Å². The first-order valence-corrected chi connectivity index (χ1v) is 26.4. The Hall–Kier alpha value is 1.39. The highest BCUT2D eigenvalue weighted by atomic mass is 35.6. The van der Waals surface area contributed by atoms with Gasteiger partial charge in [-0.3, -0.25) is 0 Å². The van der Waals surface area contributed by atoms with Gasteiger partial charge in [0.15, 0.2) is 9.04 Å². The predicted octanol–water partition coefficient (Wildman–Crippen LogP) is 4.80. The van der Waals surface area contributed by atoms with Crippen molar-refractivity contribution in [1.82, 2.24) is 0 Å². The topological polar surface area (TPSA) is 46.2 Å². The van der Waals surface area contributed by atoms with Gasteiger partial charge in [-0.25, -0.2) is 0 Å². The Morgan fingerprint density at radius 2 is 0.833 bits per heavy atom. The van der Waals surface area contributed by atoms with Crippen LogP contribution in [0.3, 0.4) is 0 Å². The van der Waals surface area contributed by atoms with Crippen molar-refractivity contribution in [3.8, 4) is 0 Å². The van der Waals surface area contributed by atoms with Crippen molar-refractivity contribution in [2.45, 2.75) is 78.6 Å². The zero-order valence-corrected chi connectivity index (χ0v) is 24.4. The zero-order valence-electron chi connectivity index (χ0n) is 17.5. The lowest BCUT2D eigenvalue weighted by Crippen LogP contribution is -2.58. The van der Waals surface area contributed by atoms with Gasteiger partial charge in [-0.15, -0.1) is 11.1 Å². The van der Waals surface area contributed by atoms with Crippen LogP contribution in [0.2, 0.25) is 78.6 Å². The van der Waals surface area contributed by atoms with Gasteiger partial charge >= 0.3 is 34.2 Å². The quantitative estimate of drug-likeness (QED) is 0.343. The van der Waals surface area contributed by atoms with Crippen LogP contribution < -0.4 is 0 Å². The Kier molecular flexibility index (Phi) is 9.10. The monoisotopic (exact) mass is 464 g/mol. The first kappa shape index (κ1) is 25.4. The molecule has 0 aromatic heterocycles. The molecule has 0 atom stereocenters. The highest BCUT2D eigenvalue weighted by Gasteiger charge is 2.46. The fraction of sp³-hybridized carbons (Fsp3) is 1.00. The third kappa shape index (κ3) is 12.7. The van der Waals surface area contributed by atoms with Crippen LogP contribution in [0.4, 0.5) is 0 Å². The van der Waals surface area contributed by atoms with Crippen molar-refractivity contribution in [2.75, 3.05) is 0 Å². The van der Waals surface area contributed by atoms with E-state index in [0.717, 1.165) is 0 Å². The van der Waals surface area contributed by atoms with Gasteiger partial charge in [-0.05, 0) is 78.6 Å². The van der Waals surface area contributed by atoms with Crippen LogP contribution in [-0.4, -0.2) is 50.9 Å². The van der Waals surface area contributed by atoms with Crippen molar-refractivity contribution in [1.29, 1.82) is 0 Å². The molecule has 0 radical (unpaired) electrons. The third-order valence-corrected chi connectivity index (χ3v) is 23.0. The van der Waals surface area contributed by atoms with E-state index in [1.54, 1.807) is 0 Å². The Morgan fingerprint density at radius 1 is 0.542 bits per heavy atom. The fourth-order valence-corrected chi connectivity index (χ4v) is 30.4. The first-order chi connectivity index (χ1) is 10.2. The minimum atomic E-state index is -2.40. The molecule has 146 valence electrons. The average molecular weight is 465 g/mol. The van der Waals surface area contributed by atoms with Gasteiger partial charge in [-0.1, -0.05) is 0 Å². The summed E-state index contributed by atoms with van der Waals surface area (Å²) >= 11 is 6.34. The summed E-state index contributed by atoms with van der Waals surface area (Å²) in [6, 6.07) is 0. The summed E-state index contributed by atoms with van der Waals surface area (Å²) in [5, 5.41) is 0. The Balaban J connectivity index is 4.94. The standard InChI is InChI=1S/C12H37ClO5Si6/c1-19(2)14-21(5,6)16-23(9,10)18-24(11,12)17-22(7,8)15-20(3,4)13/h19H,1-12H3. The molecule has 0 saturated heterocycles. The molecule has 0 amide bonds. The maximum absolute atomic E-state index is 6.42. The van der Waals surface area contributed by atoms with E-state index < -0.39 is 50.9 Å². The zero-order chi connectivity index (χ0) is 19.6. The molecule has 5 nitrogen and oxygen atoms in total. The number of hydrogen-bond donors (Lipinski definition) is 0. The van der Waals surface area contributed by atoms with Gasteiger partial charge in [0.05, 0.1) is 0 Å². The summed E-state index contributed by atoms with van der Waals surface area (Å²) < 4.78 is 31.3. The van der Waals surface area contributed by atoms with Gasteiger partial charge in [-0.2, -0.15) is 0 Å². The summed E-state index contributed by atoms with van der Waals surface area (Å²) in [6.07, 6.45) is 0. The van der Waals surface area contributed by atoms with Crippen LogP contribution in [0.25, 0.3) is 0 Å². The first-order valence-electron chi connectivity index (χ1n) is 8.42. The smallest absolute Gasteiger partial charge is 0.314 e. The van der Waals surface area contributed by atoms with E-state index in [4.69, 9.17) is 31.7 Å². The maximum Gasteiger partial charge on any atom is 0.314 e. The normalized spacial score (nSPS) is 15.2. The molecule has 0 saturated carbocycles. The fourth-order valence-electron chi connectivity index (χ4n) is 3.01. The van der Waals surface area contributed by atoms with Crippen LogP contribution in [0.5, 0.6) is 0 Å². The third-order valence-electron chi connectivity index (χ3n) is 2.48. The molecule has 0 spiro atoms. The molecule has 0 aromatic rings. The molecular weight excluding hydrogens is 428 g/mol.